The number of fused-ring (bicyclic) bond motifs is 3. The first kappa shape index (κ1) is 19.7. The molecule has 148 valence electrons. The van der Waals surface area contributed by atoms with Crippen LogP contribution < -0.4 is 20.2 Å². The zero-order valence-corrected chi connectivity index (χ0v) is 16.3. The first-order valence-corrected chi connectivity index (χ1v) is 9.28. The Hall–Kier alpha value is -3.09. The number of hydrogen-bond acceptors (Lipinski definition) is 5. The Morgan fingerprint density at radius 1 is 1.32 bits per heavy atom. The van der Waals surface area contributed by atoms with Gasteiger partial charge in [0.25, 0.3) is 0 Å². The van der Waals surface area contributed by atoms with E-state index >= 15 is 0 Å². The molecule has 2 aromatic rings. The van der Waals surface area contributed by atoms with Crippen LogP contribution in [0.25, 0.3) is 11.3 Å². The molecule has 1 aliphatic rings. The Balaban J connectivity index is 2.01. The van der Waals surface area contributed by atoms with Crippen LogP contribution in [0.4, 0.5) is 0 Å². The van der Waals surface area contributed by atoms with Crippen molar-refractivity contribution in [1.29, 1.82) is 0 Å². The molecule has 0 spiro atoms. The molecule has 7 nitrogen and oxygen atoms in total. The summed E-state index contributed by atoms with van der Waals surface area (Å²) in [6.07, 6.45) is 3.86. The smallest absolute Gasteiger partial charge is 0.216 e. The predicted octanol–water partition coefficient (Wildman–Crippen LogP) is 2.36. The summed E-state index contributed by atoms with van der Waals surface area (Å²) in [5.41, 5.74) is 2.59. The highest BCUT2D eigenvalue weighted by atomic mass is 16.5. The maximum absolute atomic E-state index is 12.2. The lowest BCUT2D eigenvalue weighted by atomic mass is 9.90. The minimum atomic E-state index is -0.293. The van der Waals surface area contributed by atoms with Gasteiger partial charge < -0.3 is 19.4 Å². The fourth-order valence-electron chi connectivity index (χ4n) is 3.54. The van der Waals surface area contributed by atoms with Gasteiger partial charge in [0.2, 0.25) is 5.91 Å². The van der Waals surface area contributed by atoms with Crippen LogP contribution in [0.15, 0.2) is 29.2 Å². The number of methoxy groups -OCH3 is 1. The van der Waals surface area contributed by atoms with Crippen molar-refractivity contribution in [3.05, 3.63) is 45.7 Å². The summed E-state index contributed by atoms with van der Waals surface area (Å²) >= 11 is 0. The highest BCUT2D eigenvalue weighted by Gasteiger charge is 2.25. The number of rotatable bonds is 7. The number of aromatic nitrogens is 1. The third-order valence-electron chi connectivity index (χ3n) is 4.95. The lowest BCUT2D eigenvalue weighted by Crippen LogP contribution is -2.25. The fraction of sp³-hybridized carbons (Fsp3) is 0.381. The van der Waals surface area contributed by atoms with Crippen LogP contribution >= 0.6 is 0 Å². The van der Waals surface area contributed by atoms with Crippen molar-refractivity contribution in [2.75, 3.05) is 20.3 Å². The molecular weight excluding hydrogens is 360 g/mol. The molecule has 1 amide bonds. The van der Waals surface area contributed by atoms with Crippen molar-refractivity contribution in [3.8, 4) is 22.8 Å². The average molecular weight is 384 g/mol. The summed E-state index contributed by atoms with van der Waals surface area (Å²) in [5.74, 6) is 1.04. The van der Waals surface area contributed by atoms with Crippen LogP contribution in [0, 0.1) is 0 Å². The predicted molar refractivity (Wildman–Crippen MR) is 105 cm³/mol. The monoisotopic (exact) mass is 384 g/mol. The van der Waals surface area contributed by atoms with Crippen LogP contribution in [0.2, 0.25) is 0 Å². The Labute approximate surface area is 163 Å². The summed E-state index contributed by atoms with van der Waals surface area (Å²) in [4.78, 5) is 34.4. The van der Waals surface area contributed by atoms with Gasteiger partial charge in [-0.3, -0.25) is 14.4 Å². The minimum absolute atomic E-state index is 0.108. The number of aldehydes is 1. The van der Waals surface area contributed by atoms with Gasteiger partial charge in [0.1, 0.15) is 6.61 Å². The number of carbonyl (C=O) groups excluding carboxylic acids is 2. The van der Waals surface area contributed by atoms with Gasteiger partial charge >= 0.3 is 0 Å². The Morgan fingerprint density at radius 2 is 2.11 bits per heavy atom. The van der Waals surface area contributed by atoms with E-state index in [-0.39, 0.29) is 22.9 Å². The summed E-state index contributed by atoms with van der Waals surface area (Å²) in [5, 5.41) is 2.69. The second-order valence-corrected chi connectivity index (χ2v) is 6.76. The third-order valence-corrected chi connectivity index (χ3v) is 4.95. The summed E-state index contributed by atoms with van der Waals surface area (Å²) in [6, 6.07) is 5.45. The number of benzene rings is 1. The summed E-state index contributed by atoms with van der Waals surface area (Å²) < 4.78 is 13.3. The van der Waals surface area contributed by atoms with Crippen molar-refractivity contribution in [3.63, 3.8) is 0 Å². The highest BCUT2D eigenvalue weighted by molar-refractivity contribution is 5.77. The maximum Gasteiger partial charge on any atom is 0.216 e. The molecule has 1 unspecified atom stereocenters. The highest BCUT2D eigenvalue weighted by Crippen LogP contribution is 2.41. The van der Waals surface area contributed by atoms with Gasteiger partial charge in [-0.15, -0.1) is 0 Å². The van der Waals surface area contributed by atoms with Crippen LogP contribution in [-0.2, 0) is 11.2 Å². The van der Waals surface area contributed by atoms with Gasteiger partial charge in [-0.1, -0.05) is 6.92 Å². The van der Waals surface area contributed by atoms with E-state index in [1.807, 2.05) is 16.7 Å². The van der Waals surface area contributed by atoms with Crippen LogP contribution in [0.1, 0.15) is 42.2 Å². The third kappa shape index (κ3) is 3.78. The SMILES string of the molecule is CCC1Cc2cc(OCCNC(C)=O)c(OC)cc2-c2cc(=O)c(C=O)cn21. The Bertz CT molecular complexity index is 964. The molecule has 1 aromatic heterocycles. The molecule has 0 saturated carbocycles. The number of ether oxygens (including phenoxy) is 2. The molecule has 0 aliphatic carbocycles. The zero-order valence-electron chi connectivity index (χ0n) is 16.3. The van der Waals surface area contributed by atoms with E-state index < -0.39 is 0 Å². The van der Waals surface area contributed by atoms with E-state index in [9.17, 15) is 14.4 Å². The quantitative estimate of drug-likeness (QED) is 0.585. The van der Waals surface area contributed by atoms with Crippen molar-refractivity contribution in [2.45, 2.75) is 32.7 Å². The van der Waals surface area contributed by atoms with Gasteiger partial charge in [-0.2, -0.15) is 0 Å². The van der Waals surface area contributed by atoms with E-state index in [1.54, 1.807) is 13.3 Å². The van der Waals surface area contributed by atoms with E-state index in [4.69, 9.17) is 9.47 Å². The zero-order chi connectivity index (χ0) is 20.3. The number of nitrogens with one attached hydrogen (secondary N) is 1. The molecule has 28 heavy (non-hydrogen) atoms. The molecule has 7 heteroatoms. The van der Waals surface area contributed by atoms with Gasteiger partial charge in [0, 0.05) is 30.8 Å². The van der Waals surface area contributed by atoms with Crippen molar-refractivity contribution < 1.29 is 19.1 Å². The molecular formula is C21H24N2O5. The summed E-state index contributed by atoms with van der Waals surface area (Å²) in [6.45, 7) is 4.26. The van der Waals surface area contributed by atoms with Gasteiger partial charge in [-0.25, -0.2) is 0 Å². The van der Waals surface area contributed by atoms with E-state index in [0.717, 1.165) is 29.7 Å². The molecule has 1 atom stereocenters. The van der Waals surface area contributed by atoms with Crippen LogP contribution in [0.5, 0.6) is 11.5 Å². The molecule has 0 radical (unpaired) electrons. The Morgan fingerprint density at radius 3 is 2.75 bits per heavy atom. The molecule has 3 rings (SSSR count). The molecule has 1 N–H and O–H groups in total. The molecule has 0 saturated heterocycles. The number of carbonyl (C=O) groups is 2. The second kappa shape index (κ2) is 8.29. The molecule has 0 fully saturated rings. The Kier molecular flexibility index (Phi) is 5.82. The second-order valence-electron chi connectivity index (χ2n) is 6.76. The minimum Gasteiger partial charge on any atom is -0.493 e. The first-order valence-electron chi connectivity index (χ1n) is 9.28. The number of pyridine rings is 1. The molecule has 1 aromatic carbocycles. The van der Waals surface area contributed by atoms with E-state index in [2.05, 4.69) is 12.2 Å². The van der Waals surface area contributed by atoms with Crippen molar-refractivity contribution in [2.24, 2.45) is 0 Å². The number of hydrogen-bond donors (Lipinski definition) is 1. The fourth-order valence-corrected chi connectivity index (χ4v) is 3.54. The normalized spacial score (nSPS) is 14.6. The lowest BCUT2D eigenvalue weighted by Gasteiger charge is -2.31. The number of amides is 1. The molecule has 0 bridgehead atoms. The van der Waals surface area contributed by atoms with Crippen molar-refractivity contribution in [1.82, 2.24) is 9.88 Å². The maximum atomic E-state index is 12.2. The van der Waals surface area contributed by atoms with Gasteiger partial charge in [0.05, 0.1) is 24.9 Å². The standard InChI is InChI=1S/C21H24N2O5/c1-4-16-7-14-8-21(28-6-5-22-13(2)25)20(27-3)9-17(14)18-10-19(26)15(12-24)11-23(16)18/h8-12,16H,4-7H2,1-3H3,(H,22,25). The van der Waals surface area contributed by atoms with Gasteiger partial charge in [0.15, 0.2) is 23.2 Å². The summed E-state index contributed by atoms with van der Waals surface area (Å²) in [7, 11) is 1.56. The van der Waals surface area contributed by atoms with E-state index in [0.29, 0.717) is 30.9 Å². The number of nitrogens with zero attached hydrogens (tertiary/aromatic N) is 1. The average Bonchev–Trinajstić information content (AvgIpc) is 2.69. The molecule has 1 aliphatic heterocycles. The lowest BCUT2D eigenvalue weighted by molar-refractivity contribution is -0.119. The first-order chi connectivity index (χ1) is 13.5. The van der Waals surface area contributed by atoms with E-state index in [1.165, 1.54) is 13.0 Å². The van der Waals surface area contributed by atoms with Crippen LogP contribution in [-0.4, -0.2) is 37.0 Å². The largest absolute Gasteiger partial charge is 0.493 e. The van der Waals surface area contributed by atoms with Gasteiger partial charge in [-0.05, 0) is 30.5 Å². The topological polar surface area (TPSA) is 86.6 Å². The van der Waals surface area contributed by atoms with Crippen LogP contribution in [0.3, 0.4) is 0 Å². The molecule has 2 heterocycles. The van der Waals surface area contributed by atoms with Crippen molar-refractivity contribution >= 4 is 12.2 Å².